The van der Waals surface area contributed by atoms with Gasteiger partial charge in [0, 0.05) is 29.3 Å². The second-order valence-corrected chi connectivity index (χ2v) is 12.1. The summed E-state index contributed by atoms with van der Waals surface area (Å²) in [4.78, 5) is 13.3. The van der Waals surface area contributed by atoms with Gasteiger partial charge in [-0.2, -0.15) is 0 Å². The summed E-state index contributed by atoms with van der Waals surface area (Å²) < 4.78 is 0. The number of β-amino-alcohol motifs (C(OH)–C–C–N with tert-alkyl or cyclic N) is 1. The van der Waals surface area contributed by atoms with Gasteiger partial charge in [-0.1, -0.05) is 12.1 Å². The molecule has 6 nitrogen and oxygen atoms in total. The van der Waals surface area contributed by atoms with Crippen LogP contribution in [0.25, 0.3) is 0 Å². The molecule has 0 heterocycles. The molecule has 6 heteroatoms. The van der Waals surface area contributed by atoms with Crippen LogP contribution in [0.5, 0.6) is 11.5 Å². The summed E-state index contributed by atoms with van der Waals surface area (Å²) >= 11 is 0. The first-order valence-corrected chi connectivity index (χ1v) is 13.0. The van der Waals surface area contributed by atoms with Gasteiger partial charge in [-0.25, -0.2) is 0 Å². The highest BCUT2D eigenvalue weighted by Gasteiger charge is 2.51. The molecule has 2 aromatic rings. The zero-order valence-electron chi connectivity index (χ0n) is 20.8. The van der Waals surface area contributed by atoms with Crippen LogP contribution in [0.15, 0.2) is 42.5 Å². The number of carbonyl (C=O) groups is 1. The molecule has 4 bridgehead atoms. The number of phenolic OH excluding ortho intramolecular Hbond substituents is 2. The molecule has 6 rings (SSSR count). The van der Waals surface area contributed by atoms with Crippen LogP contribution in [0, 0.1) is 17.8 Å². The number of hydrogen-bond donors (Lipinski definition) is 5. The maximum atomic E-state index is 13.3. The summed E-state index contributed by atoms with van der Waals surface area (Å²) in [7, 11) is 0. The SMILES string of the molecule is CC(C)(Cc1cccc(C(=O)NC23CC4CC(CC(C4)C2)C3)c1)NC[C@H](O)c1cc(O)cc(O)c1. The van der Waals surface area contributed by atoms with Crippen LogP contribution in [0.1, 0.15) is 80.0 Å². The van der Waals surface area contributed by atoms with Crippen molar-refractivity contribution < 1.29 is 20.1 Å². The zero-order chi connectivity index (χ0) is 24.8. The first kappa shape index (κ1) is 24.1. The molecule has 35 heavy (non-hydrogen) atoms. The highest BCUT2D eigenvalue weighted by Crippen LogP contribution is 2.55. The number of aliphatic hydroxyl groups is 1. The van der Waals surface area contributed by atoms with E-state index in [0.717, 1.165) is 42.6 Å². The number of aliphatic hydroxyl groups excluding tert-OH is 1. The third-order valence-electron chi connectivity index (χ3n) is 8.34. The Balaban J connectivity index is 1.20. The van der Waals surface area contributed by atoms with Crippen molar-refractivity contribution in [3.8, 4) is 11.5 Å². The van der Waals surface area contributed by atoms with E-state index < -0.39 is 6.10 Å². The van der Waals surface area contributed by atoms with Crippen LogP contribution in [0.3, 0.4) is 0 Å². The molecule has 188 valence electrons. The highest BCUT2D eigenvalue weighted by molar-refractivity contribution is 5.95. The third-order valence-corrected chi connectivity index (χ3v) is 8.34. The van der Waals surface area contributed by atoms with Crippen molar-refractivity contribution in [2.24, 2.45) is 17.8 Å². The van der Waals surface area contributed by atoms with Crippen molar-refractivity contribution in [1.82, 2.24) is 10.6 Å². The van der Waals surface area contributed by atoms with Gasteiger partial charge >= 0.3 is 0 Å². The van der Waals surface area contributed by atoms with Gasteiger partial charge in [0.2, 0.25) is 0 Å². The first-order valence-electron chi connectivity index (χ1n) is 13.0. The summed E-state index contributed by atoms with van der Waals surface area (Å²) in [5.41, 5.74) is 1.89. The Morgan fingerprint density at radius 1 is 1.00 bits per heavy atom. The monoisotopic (exact) mass is 478 g/mol. The van der Waals surface area contributed by atoms with E-state index in [4.69, 9.17) is 0 Å². The van der Waals surface area contributed by atoms with Gasteiger partial charge in [-0.05, 0) is 112 Å². The molecule has 4 aliphatic carbocycles. The van der Waals surface area contributed by atoms with Crippen LogP contribution in [0.2, 0.25) is 0 Å². The predicted molar refractivity (Wildman–Crippen MR) is 135 cm³/mol. The van der Waals surface area contributed by atoms with Crippen LogP contribution >= 0.6 is 0 Å². The Kier molecular flexibility index (Phi) is 6.30. The first-order chi connectivity index (χ1) is 16.6. The molecule has 4 saturated carbocycles. The van der Waals surface area contributed by atoms with E-state index >= 15 is 0 Å². The Hall–Kier alpha value is -2.57. The van der Waals surface area contributed by atoms with Crippen molar-refractivity contribution >= 4 is 5.91 Å². The van der Waals surface area contributed by atoms with Gasteiger partial charge < -0.3 is 26.0 Å². The topological polar surface area (TPSA) is 102 Å². The Morgan fingerprint density at radius 3 is 2.20 bits per heavy atom. The Morgan fingerprint density at radius 2 is 1.60 bits per heavy atom. The second-order valence-electron chi connectivity index (χ2n) is 12.1. The molecule has 1 atom stereocenters. The minimum Gasteiger partial charge on any atom is -0.508 e. The van der Waals surface area contributed by atoms with E-state index in [2.05, 4.69) is 24.5 Å². The molecule has 5 N–H and O–H groups in total. The van der Waals surface area contributed by atoms with E-state index in [9.17, 15) is 20.1 Å². The smallest absolute Gasteiger partial charge is 0.251 e. The lowest BCUT2D eigenvalue weighted by Crippen LogP contribution is -2.59. The molecular formula is C29H38N2O4. The van der Waals surface area contributed by atoms with E-state index in [0.29, 0.717) is 17.5 Å². The Bertz CT molecular complexity index is 1040. The maximum absolute atomic E-state index is 13.3. The average Bonchev–Trinajstić information content (AvgIpc) is 2.75. The molecule has 0 unspecified atom stereocenters. The van der Waals surface area contributed by atoms with E-state index in [1.165, 1.54) is 37.5 Å². The molecule has 0 aliphatic heterocycles. The average molecular weight is 479 g/mol. The zero-order valence-corrected chi connectivity index (χ0v) is 20.8. The largest absolute Gasteiger partial charge is 0.508 e. The lowest BCUT2D eigenvalue weighted by Gasteiger charge is -2.56. The standard InChI is InChI=1S/C29H38N2O4/c1-28(2,30-17-26(34)23-10-24(32)12-25(33)11-23)13-18-4-3-5-22(9-18)27(35)31-29-14-19-6-20(15-29)8-21(7-19)16-29/h3-5,9-12,19-21,26,30,32-34H,6-8,13-17H2,1-2H3,(H,31,35)/t19?,20?,21?,26-,29?/m0/s1. The molecule has 0 saturated heterocycles. The predicted octanol–water partition coefficient (Wildman–Crippen LogP) is 4.44. The van der Waals surface area contributed by atoms with Gasteiger partial charge in [0.1, 0.15) is 11.5 Å². The fourth-order valence-corrected chi connectivity index (χ4v) is 7.27. The number of aromatic hydroxyl groups is 2. The lowest BCUT2D eigenvalue weighted by atomic mass is 9.53. The minimum absolute atomic E-state index is 0.000883. The molecule has 0 spiro atoms. The summed E-state index contributed by atoms with van der Waals surface area (Å²) in [5.74, 6) is 2.25. The summed E-state index contributed by atoms with van der Waals surface area (Å²) in [6, 6.07) is 12.0. The minimum atomic E-state index is -0.871. The number of phenols is 2. The van der Waals surface area contributed by atoms with Gasteiger partial charge in [0.05, 0.1) is 6.10 Å². The quantitative estimate of drug-likeness (QED) is 0.386. The number of rotatable bonds is 8. The molecule has 2 aromatic carbocycles. The summed E-state index contributed by atoms with van der Waals surface area (Å²) in [5, 5.41) is 36.7. The van der Waals surface area contributed by atoms with Crippen molar-refractivity contribution in [3.05, 3.63) is 59.2 Å². The fourth-order valence-electron chi connectivity index (χ4n) is 7.27. The molecule has 4 aliphatic rings. The van der Waals surface area contributed by atoms with Crippen LogP contribution in [-0.4, -0.2) is 38.8 Å². The van der Waals surface area contributed by atoms with E-state index in [-0.39, 0.29) is 35.0 Å². The molecule has 0 radical (unpaired) electrons. The molecular weight excluding hydrogens is 440 g/mol. The second kappa shape index (κ2) is 9.14. The normalized spacial score (nSPS) is 28.1. The molecule has 1 amide bonds. The van der Waals surface area contributed by atoms with Crippen LogP contribution in [0.4, 0.5) is 0 Å². The van der Waals surface area contributed by atoms with Crippen molar-refractivity contribution in [1.29, 1.82) is 0 Å². The summed E-state index contributed by atoms with van der Waals surface area (Å²) in [6.07, 6.45) is 7.30. The van der Waals surface area contributed by atoms with Crippen LogP contribution in [-0.2, 0) is 6.42 Å². The highest BCUT2D eigenvalue weighted by atomic mass is 16.3. The number of benzene rings is 2. The number of hydrogen-bond acceptors (Lipinski definition) is 5. The molecule has 0 aromatic heterocycles. The van der Waals surface area contributed by atoms with Crippen molar-refractivity contribution in [3.63, 3.8) is 0 Å². The Labute approximate surface area is 207 Å². The lowest BCUT2D eigenvalue weighted by molar-refractivity contribution is -0.0167. The number of carbonyl (C=O) groups excluding carboxylic acids is 1. The summed E-state index contributed by atoms with van der Waals surface area (Å²) in [6.45, 7) is 4.38. The van der Waals surface area contributed by atoms with Crippen molar-refractivity contribution in [2.45, 2.75) is 76.0 Å². The van der Waals surface area contributed by atoms with Gasteiger partial charge in [0.25, 0.3) is 5.91 Å². The van der Waals surface area contributed by atoms with E-state index in [1.807, 2.05) is 24.3 Å². The number of nitrogens with one attached hydrogen (secondary N) is 2. The van der Waals surface area contributed by atoms with Crippen LogP contribution < -0.4 is 10.6 Å². The number of amides is 1. The van der Waals surface area contributed by atoms with Gasteiger partial charge in [-0.15, -0.1) is 0 Å². The maximum Gasteiger partial charge on any atom is 0.251 e. The third kappa shape index (κ3) is 5.49. The van der Waals surface area contributed by atoms with Gasteiger partial charge in [0.15, 0.2) is 0 Å². The van der Waals surface area contributed by atoms with Gasteiger partial charge in [-0.3, -0.25) is 4.79 Å². The van der Waals surface area contributed by atoms with Crippen molar-refractivity contribution in [2.75, 3.05) is 6.54 Å². The van der Waals surface area contributed by atoms with E-state index in [1.54, 1.807) is 0 Å². The fraction of sp³-hybridized carbons (Fsp3) is 0.552. The molecule has 4 fully saturated rings.